The van der Waals surface area contributed by atoms with Gasteiger partial charge in [-0.05, 0) is 65.7 Å². The maximum Gasteiger partial charge on any atom is 0.265 e. The Morgan fingerprint density at radius 2 is 1.88 bits per heavy atom. The van der Waals surface area contributed by atoms with Gasteiger partial charge in [-0.2, -0.15) is 0 Å². The maximum atomic E-state index is 12.3. The summed E-state index contributed by atoms with van der Waals surface area (Å²) in [6.45, 7) is 4.96. The van der Waals surface area contributed by atoms with Gasteiger partial charge in [0, 0.05) is 23.3 Å². The first kappa shape index (κ1) is 19.3. The van der Waals surface area contributed by atoms with Gasteiger partial charge in [-0.1, -0.05) is 17.7 Å². The van der Waals surface area contributed by atoms with Crippen molar-refractivity contribution in [3.63, 3.8) is 0 Å². The van der Waals surface area contributed by atoms with E-state index in [0.717, 1.165) is 5.56 Å². The van der Waals surface area contributed by atoms with E-state index in [1.807, 2.05) is 13.0 Å². The Bertz CT molecular complexity index is 811. The molecule has 0 fully saturated rings. The molecule has 0 saturated heterocycles. The summed E-state index contributed by atoms with van der Waals surface area (Å²) in [6.07, 6.45) is -0.719. The van der Waals surface area contributed by atoms with E-state index in [1.165, 1.54) is 6.92 Å². The van der Waals surface area contributed by atoms with Gasteiger partial charge in [0.2, 0.25) is 5.91 Å². The van der Waals surface area contributed by atoms with E-state index in [-0.39, 0.29) is 11.8 Å². The highest BCUT2D eigenvalue weighted by Crippen LogP contribution is 2.29. The molecule has 1 atom stereocenters. The Balaban J connectivity index is 2.07. The second-order valence-electron chi connectivity index (χ2n) is 5.53. The van der Waals surface area contributed by atoms with Crippen LogP contribution in [0.1, 0.15) is 19.4 Å². The first-order chi connectivity index (χ1) is 11.8. The van der Waals surface area contributed by atoms with Crippen LogP contribution in [0.2, 0.25) is 5.02 Å². The fourth-order valence-electron chi connectivity index (χ4n) is 2.08. The first-order valence-electron chi connectivity index (χ1n) is 7.57. The van der Waals surface area contributed by atoms with Crippen LogP contribution in [0.25, 0.3) is 0 Å². The molecule has 1 unspecified atom stereocenters. The summed E-state index contributed by atoms with van der Waals surface area (Å²) in [4.78, 5) is 23.6. The summed E-state index contributed by atoms with van der Waals surface area (Å²) in [5.41, 5.74) is 2.13. The van der Waals surface area contributed by atoms with Crippen molar-refractivity contribution in [2.75, 3.05) is 10.6 Å². The largest absolute Gasteiger partial charge is 0.480 e. The minimum absolute atomic E-state index is 0.170. The highest BCUT2D eigenvalue weighted by atomic mass is 79.9. The lowest BCUT2D eigenvalue weighted by Gasteiger charge is -2.16. The van der Waals surface area contributed by atoms with Gasteiger partial charge in [0.05, 0.1) is 4.47 Å². The zero-order valence-electron chi connectivity index (χ0n) is 14.0. The third-order valence-electron chi connectivity index (χ3n) is 3.38. The van der Waals surface area contributed by atoms with Gasteiger partial charge in [0.15, 0.2) is 6.10 Å². The van der Waals surface area contributed by atoms with Crippen LogP contribution in [0.5, 0.6) is 5.75 Å². The van der Waals surface area contributed by atoms with Crippen molar-refractivity contribution in [3.05, 3.63) is 51.5 Å². The molecule has 0 aliphatic rings. The molecule has 0 spiro atoms. The average molecular weight is 426 g/mol. The molecule has 2 aromatic rings. The molecule has 0 aliphatic heterocycles. The number of carbonyl (C=O) groups excluding carboxylic acids is 2. The number of carbonyl (C=O) groups is 2. The maximum absolute atomic E-state index is 12.3. The second-order valence-corrected chi connectivity index (χ2v) is 6.83. The van der Waals surface area contributed by atoms with Crippen LogP contribution in [0.15, 0.2) is 40.9 Å². The standard InChI is InChI=1S/C18H18BrClN2O3/c1-10-4-6-14(9-16(10)21-12(3)23)22-18(24)11(2)25-17-7-5-13(20)8-15(17)19/h4-9,11H,1-3H3,(H,21,23)(H,22,24). The molecule has 7 heteroatoms. The van der Waals surface area contributed by atoms with Crippen molar-refractivity contribution in [2.24, 2.45) is 0 Å². The number of rotatable bonds is 5. The molecule has 2 amide bonds. The minimum atomic E-state index is -0.719. The van der Waals surface area contributed by atoms with Crippen molar-refractivity contribution in [3.8, 4) is 5.75 Å². The highest BCUT2D eigenvalue weighted by molar-refractivity contribution is 9.10. The summed E-state index contributed by atoms with van der Waals surface area (Å²) >= 11 is 9.24. The van der Waals surface area contributed by atoms with Crippen LogP contribution >= 0.6 is 27.5 Å². The number of ether oxygens (including phenoxy) is 1. The number of benzene rings is 2. The Hall–Kier alpha value is -2.05. The zero-order chi connectivity index (χ0) is 18.6. The van der Waals surface area contributed by atoms with Gasteiger partial charge >= 0.3 is 0 Å². The minimum Gasteiger partial charge on any atom is -0.480 e. The number of anilines is 2. The lowest BCUT2D eigenvalue weighted by atomic mass is 10.1. The predicted octanol–water partition coefficient (Wildman–Crippen LogP) is 4.78. The SMILES string of the molecule is CC(=O)Nc1cc(NC(=O)C(C)Oc2ccc(Cl)cc2Br)ccc1C. The molecule has 2 rings (SSSR count). The van der Waals surface area contributed by atoms with Gasteiger partial charge in [-0.15, -0.1) is 0 Å². The molecule has 0 radical (unpaired) electrons. The Morgan fingerprint density at radius 1 is 1.16 bits per heavy atom. The topological polar surface area (TPSA) is 67.4 Å². The monoisotopic (exact) mass is 424 g/mol. The van der Waals surface area contributed by atoms with Crippen LogP contribution in [-0.4, -0.2) is 17.9 Å². The third-order valence-corrected chi connectivity index (χ3v) is 4.24. The van der Waals surface area contributed by atoms with E-state index in [4.69, 9.17) is 16.3 Å². The number of halogens is 2. The quantitative estimate of drug-likeness (QED) is 0.725. The molecule has 0 aliphatic carbocycles. The summed E-state index contributed by atoms with van der Waals surface area (Å²) < 4.78 is 6.33. The highest BCUT2D eigenvalue weighted by Gasteiger charge is 2.17. The smallest absolute Gasteiger partial charge is 0.265 e. The predicted molar refractivity (Wildman–Crippen MR) is 103 cm³/mol. The Morgan fingerprint density at radius 3 is 2.52 bits per heavy atom. The Labute approximate surface area is 159 Å². The normalized spacial score (nSPS) is 11.6. The number of amides is 2. The summed E-state index contributed by atoms with van der Waals surface area (Å²) in [5, 5.41) is 6.08. The fourth-order valence-corrected chi connectivity index (χ4v) is 2.86. The van der Waals surface area contributed by atoms with E-state index in [2.05, 4.69) is 26.6 Å². The van der Waals surface area contributed by atoms with Crippen LogP contribution in [-0.2, 0) is 9.59 Å². The van der Waals surface area contributed by atoms with E-state index in [9.17, 15) is 9.59 Å². The molecule has 5 nitrogen and oxygen atoms in total. The van der Waals surface area contributed by atoms with E-state index < -0.39 is 6.10 Å². The van der Waals surface area contributed by atoms with Crippen LogP contribution in [0, 0.1) is 6.92 Å². The van der Waals surface area contributed by atoms with Crippen molar-refractivity contribution in [1.29, 1.82) is 0 Å². The third kappa shape index (κ3) is 5.47. The van der Waals surface area contributed by atoms with Gasteiger partial charge in [0.1, 0.15) is 5.75 Å². The molecule has 0 heterocycles. The number of aryl methyl sites for hydroxylation is 1. The van der Waals surface area contributed by atoms with Gasteiger partial charge in [-0.3, -0.25) is 9.59 Å². The molecule has 2 aromatic carbocycles. The molecule has 25 heavy (non-hydrogen) atoms. The first-order valence-corrected chi connectivity index (χ1v) is 8.74. The molecule has 0 saturated carbocycles. The van der Waals surface area contributed by atoms with Crippen LogP contribution in [0.4, 0.5) is 11.4 Å². The number of hydrogen-bond acceptors (Lipinski definition) is 3. The zero-order valence-corrected chi connectivity index (χ0v) is 16.4. The van der Waals surface area contributed by atoms with E-state index in [0.29, 0.717) is 26.6 Å². The summed E-state index contributed by atoms with van der Waals surface area (Å²) in [6, 6.07) is 10.4. The lowest BCUT2D eigenvalue weighted by molar-refractivity contribution is -0.122. The van der Waals surface area contributed by atoms with Crippen molar-refractivity contribution in [1.82, 2.24) is 0 Å². The molecular formula is C18H18BrClN2O3. The van der Waals surface area contributed by atoms with Gasteiger partial charge in [0.25, 0.3) is 5.91 Å². The van der Waals surface area contributed by atoms with E-state index >= 15 is 0 Å². The molecule has 2 N–H and O–H groups in total. The van der Waals surface area contributed by atoms with Gasteiger partial charge < -0.3 is 15.4 Å². The average Bonchev–Trinajstić information content (AvgIpc) is 2.52. The molecule has 0 bridgehead atoms. The Kier molecular flexibility index (Phi) is 6.45. The van der Waals surface area contributed by atoms with Crippen LogP contribution < -0.4 is 15.4 Å². The second kappa shape index (κ2) is 8.36. The summed E-state index contributed by atoms with van der Waals surface area (Å²) in [5.74, 6) is 0.0465. The van der Waals surface area contributed by atoms with Gasteiger partial charge in [-0.25, -0.2) is 0 Å². The van der Waals surface area contributed by atoms with E-state index in [1.54, 1.807) is 37.3 Å². The lowest BCUT2D eigenvalue weighted by Crippen LogP contribution is -2.30. The summed E-state index contributed by atoms with van der Waals surface area (Å²) in [7, 11) is 0. The van der Waals surface area contributed by atoms with Crippen LogP contribution in [0.3, 0.4) is 0 Å². The molecule has 0 aromatic heterocycles. The number of nitrogens with one attached hydrogen (secondary N) is 2. The fraction of sp³-hybridized carbons (Fsp3) is 0.222. The van der Waals surface area contributed by atoms with Crippen molar-refractivity contribution < 1.29 is 14.3 Å². The van der Waals surface area contributed by atoms with Crippen molar-refractivity contribution in [2.45, 2.75) is 26.9 Å². The van der Waals surface area contributed by atoms with Crippen molar-refractivity contribution >= 4 is 50.7 Å². The molecule has 132 valence electrons. The molecular weight excluding hydrogens is 408 g/mol. The number of hydrogen-bond donors (Lipinski definition) is 2.